The molecule has 0 amide bonds. The smallest absolute Gasteiger partial charge is 0.174 e. The Balaban J connectivity index is 1.64. The van der Waals surface area contributed by atoms with Crippen LogP contribution in [0.25, 0.3) is 11.0 Å². The van der Waals surface area contributed by atoms with Crippen molar-refractivity contribution < 1.29 is 9.26 Å². The van der Waals surface area contributed by atoms with Crippen molar-refractivity contribution in [2.45, 2.75) is 25.4 Å². The molecule has 1 fully saturated rings. The summed E-state index contributed by atoms with van der Waals surface area (Å²) in [5.74, 6) is 1.68. The molecule has 0 unspecified atom stereocenters. The van der Waals surface area contributed by atoms with Crippen LogP contribution in [-0.2, 0) is 6.61 Å². The van der Waals surface area contributed by atoms with E-state index in [1.54, 1.807) is 18.2 Å². The lowest BCUT2D eigenvalue weighted by molar-refractivity contribution is 0.305. The maximum atomic E-state index is 6.02. The molecule has 6 heteroatoms. The second-order valence-electron chi connectivity index (χ2n) is 5.75. The summed E-state index contributed by atoms with van der Waals surface area (Å²) in [4.78, 5) is 0. The van der Waals surface area contributed by atoms with Gasteiger partial charge in [0.1, 0.15) is 12.4 Å². The molecule has 0 atom stereocenters. The van der Waals surface area contributed by atoms with Crippen LogP contribution >= 0.6 is 23.2 Å². The van der Waals surface area contributed by atoms with Gasteiger partial charge in [0.05, 0.1) is 15.4 Å². The number of hydrogen-bond acceptors (Lipinski definition) is 4. The number of rotatable bonds is 4. The van der Waals surface area contributed by atoms with Crippen LogP contribution in [0.5, 0.6) is 5.75 Å². The van der Waals surface area contributed by atoms with Gasteiger partial charge in [-0.1, -0.05) is 28.4 Å². The van der Waals surface area contributed by atoms with Crippen LogP contribution in [0.3, 0.4) is 0 Å². The molecule has 1 aliphatic carbocycles. The van der Waals surface area contributed by atoms with Crippen LogP contribution < -0.4 is 10.5 Å². The number of nitrogen functional groups attached to an aromatic ring is 1. The molecule has 4 rings (SSSR count). The van der Waals surface area contributed by atoms with Crippen LogP contribution in [-0.4, -0.2) is 5.16 Å². The summed E-state index contributed by atoms with van der Waals surface area (Å²) >= 11 is 11.9. The Morgan fingerprint density at radius 3 is 2.74 bits per heavy atom. The Labute approximate surface area is 143 Å². The molecule has 1 heterocycles. The largest absolute Gasteiger partial charge is 0.489 e. The lowest BCUT2D eigenvalue weighted by Crippen LogP contribution is -2.00. The van der Waals surface area contributed by atoms with Gasteiger partial charge in [0.15, 0.2) is 11.4 Å². The van der Waals surface area contributed by atoms with E-state index in [1.807, 2.05) is 6.07 Å². The Bertz CT molecular complexity index is 888. The van der Waals surface area contributed by atoms with Gasteiger partial charge in [-0.15, -0.1) is 0 Å². The summed E-state index contributed by atoms with van der Waals surface area (Å²) < 4.78 is 11.1. The van der Waals surface area contributed by atoms with Gasteiger partial charge < -0.3 is 15.0 Å². The first-order valence-corrected chi connectivity index (χ1v) is 8.13. The van der Waals surface area contributed by atoms with E-state index in [4.69, 9.17) is 38.2 Å². The molecule has 0 bridgehead atoms. The summed E-state index contributed by atoms with van der Waals surface area (Å²) in [5.41, 5.74) is 8.87. The van der Waals surface area contributed by atoms with Gasteiger partial charge in [-0.2, -0.15) is 0 Å². The second kappa shape index (κ2) is 5.62. The number of anilines is 1. The van der Waals surface area contributed by atoms with E-state index < -0.39 is 0 Å². The monoisotopic (exact) mass is 348 g/mol. The number of nitrogens with zero attached hydrogens (tertiary/aromatic N) is 1. The third-order valence-corrected chi connectivity index (χ3v) is 4.80. The number of fused-ring (bicyclic) bond motifs is 1. The molecule has 118 valence electrons. The molecule has 2 aromatic carbocycles. The highest BCUT2D eigenvalue weighted by atomic mass is 35.5. The lowest BCUT2D eigenvalue weighted by atomic mass is 10.0. The van der Waals surface area contributed by atoms with Crippen LogP contribution in [0.4, 0.5) is 5.82 Å². The van der Waals surface area contributed by atoms with Gasteiger partial charge in [-0.3, -0.25) is 0 Å². The topological polar surface area (TPSA) is 61.3 Å². The number of nitrogens with two attached hydrogens (primary N) is 1. The van der Waals surface area contributed by atoms with E-state index in [-0.39, 0.29) is 0 Å². The fraction of sp³-hybridized carbons (Fsp3) is 0.235. The average Bonchev–Trinajstić information content (AvgIpc) is 3.33. The van der Waals surface area contributed by atoms with E-state index >= 15 is 0 Å². The van der Waals surface area contributed by atoms with Crippen molar-refractivity contribution in [1.82, 2.24) is 5.16 Å². The van der Waals surface area contributed by atoms with Crippen LogP contribution in [0.1, 0.15) is 29.9 Å². The molecule has 1 aromatic heterocycles. The minimum absolute atomic E-state index is 0.429. The SMILES string of the molecule is Nc1noc2cc(COc3ccc(Cl)c(Cl)c3)c(C3CC3)cc12. The number of halogens is 2. The van der Waals surface area contributed by atoms with E-state index in [0.717, 1.165) is 10.9 Å². The highest BCUT2D eigenvalue weighted by molar-refractivity contribution is 6.42. The number of benzene rings is 2. The molecule has 0 radical (unpaired) electrons. The lowest BCUT2D eigenvalue weighted by Gasteiger charge is -2.11. The first-order valence-electron chi connectivity index (χ1n) is 7.37. The van der Waals surface area contributed by atoms with Crippen LogP contribution in [0.15, 0.2) is 34.9 Å². The summed E-state index contributed by atoms with van der Waals surface area (Å²) in [6.07, 6.45) is 2.38. The van der Waals surface area contributed by atoms with Crippen molar-refractivity contribution in [2.24, 2.45) is 0 Å². The quantitative estimate of drug-likeness (QED) is 0.706. The Morgan fingerprint density at radius 1 is 1.17 bits per heavy atom. The van der Waals surface area contributed by atoms with Crippen molar-refractivity contribution in [3.63, 3.8) is 0 Å². The van der Waals surface area contributed by atoms with Gasteiger partial charge in [-0.25, -0.2) is 0 Å². The molecule has 3 aromatic rings. The minimum atomic E-state index is 0.429. The number of ether oxygens (including phenoxy) is 1. The maximum Gasteiger partial charge on any atom is 0.174 e. The first kappa shape index (κ1) is 14.7. The predicted molar refractivity (Wildman–Crippen MR) is 91.2 cm³/mol. The summed E-state index contributed by atoms with van der Waals surface area (Å²) in [6.45, 7) is 0.431. The minimum Gasteiger partial charge on any atom is -0.489 e. The number of hydrogen-bond donors (Lipinski definition) is 1. The van der Waals surface area contributed by atoms with Crippen molar-refractivity contribution in [3.05, 3.63) is 51.5 Å². The third-order valence-electron chi connectivity index (χ3n) is 4.06. The summed E-state index contributed by atoms with van der Waals surface area (Å²) in [6, 6.07) is 9.28. The summed E-state index contributed by atoms with van der Waals surface area (Å²) in [5, 5.41) is 5.68. The van der Waals surface area contributed by atoms with E-state index in [1.165, 1.54) is 18.4 Å². The van der Waals surface area contributed by atoms with Crippen LogP contribution in [0, 0.1) is 0 Å². The zero-order chi connectivity index (χ0) is 16.0. The molecule has 0 saturated heterocycles. The van der Waals surface area contributed by atoms with Gasteiger partial charge in [0.25, 0.3) is 0 Å². The molecule has 1 saturated carbocycles. The fourth-order valence-electron chi connectivity index (χ4n) is 2.69. The normalized spacial score (nSPS) is 14.3. The average molecular weight is 349 g/mol. The molecular weight excluding hydrogens is 335 g/mol. The molecular formula is C17H14Cl2N2O2. The van der Waals surface area contributed by atoms with Gasteiger partial charge in [-0.05, 0) is 54.2 Å². The Morgan fingerprint density at radius 2 is 2.00 bits per heavy atom. The van der Waals surface area contributed by atoms with Crippen molar-refractivity contribution >= 4 is 40.0 Å². The highest BCUT2D eigenvalue weighted by Crippen LogP contribution is 2.43. The zero-order valence-corrected chi connectivity index (χ0v) is 13.7. The standard InChI is InChI=1S/C17H14Cl2N2O2/c18-14-4-3-11(6-15(14)19)22-8-10-5-16-13(17(20)21-23-16)7-12(10)9-1-2-9/h3-7,9H,1-2,8H2,(H2,20,21). The van der Waals surface area contributed by atoms with E-state index in [9.17, 15) is 0 Å². The van der Waals surface area contributed by atoms with Crippen molar-refractivity contribution in [3.8, 4) is 5.75 Å². The molecule has 2 N–H and O–H groups in total. The fourth-order valence-corrected chi connectivity index (χ4v) is 2.98. The molecule has 23 heavy (non-hydrogen) atoms. The molecule has 4 nitrogen and oxygen atoms in total. The van der Waals surface area contributed by atoms with E-state index in [2.05, 4.69) is 11.2 Å². The Kier molecular flexibility index (Phi) is 3.58. The predicted octanol–water partition coefficient (Wildman–Crippen LogP) is 5.17. The molecule has 0 spiro atoms. The third kappa shape index (κ3) is 2.84. The maximum absolute atomic E-state index is 6.02. The van der Waals surface area contributed by atoms with Crippen LogP contribution in [0.2, 0.25) is 10.0 Å². The van der Waals surface area contributed by atoms with Crippen molar-refractivity contribution in [2.75, 3.05) is 5.73 Å². The highest BCUT2D eigenvalue weighted by Gasteiger charge is 2.27. The second-order valence-corrected chi connectivity index (χ2v) is 6.57. The molecule has 0 aliphatic heterocycles. The van der Waals surface area contributed by atoms with Gasteiger partial charge in [0.2, 0.25) is 0 Å². The van der Waals surface area contributed by atoms with Gasteiger partial charge in [0, 0.05) is 6.07 Å². The zero-order valence-electron chi connectivity index (χ0n) is 12.2. The van der Waals surface area contributed by atoms with Gasteiger partial charge >= 0.3 is 0 Å². The first-order chi connectivity index (χ1) is 11.1. The number of aromatic nitrogens is 1. The molecule has 1 aliphatic rings. The Hall–Kier alpha value is -1.91. The van der Waals surface area contributed by atoms with E-state index in [0.29, 0.717) is 39.7 Å². The summed E-state index contributed by atoms with van der Waals surface area (Å²) in [7, 11) is 0. The van der Waals surface area contributed by atoms with Crippen molar-refractivity contribution in [1.29, 1.82) is 0 Å².